The Labute approximate surface area is 103 Å². The van der Waals surface area contributed by atoms with Crippen LogP contribution in [0.5, 0.6) is 0 Å². The first-order chi connectivity index (χ1) is 8.63. The van der Waals surface area contributed by atoms with Gasteiger partial charge in [-0.1, -0.05) is 24.3 Å². The molecular formula is C13H10N2O3. The van der Waals surface area contributed by atoms with Gasteiger partial charge in [-0.3, -0.25) is 4.79 Å². The number of carbonyl (C=O) groups is 2. The molecule has 0 aliphatic heterocycles. The molecule has 1 heterocycles. The molecule has 0 radical (unpaired) electrons. The maximum atomic E-state index is 11.2. The number of carboxylic acids is 1. The molecule has 0 spiro atoms. The molecule has 1 aromatic carbocycles. The van der Waals surface area contributed by atoms with Gasteiger partial charge in [-0.2, -0.15) is 0 Å². The molecule has 3 N–H and O–H groups in total. The molecule has 18 heavy (non-hydrogen) atoms. The number of rotatable bonds is 3. The van der Waals surface area contributed by atoms with Crippen molar-refractivity contribution in [2.45, 2.75) is 0 Å². The molecule has 0 aliphatic rings. The van der Waals surface area contributed by atoms with Crippen LogP contribution < -0.4 is 5.73 Å². The number of benzene rings is 1. The van der Waals surface area contributed by atoms with E-state index in [9.17, 15) is 9.59 Å². The van der Waals surface area contributed by atoms with Crippen LogP contribution in [0.4, 0.5) is 5.82 Å². The van der Waals surface area contributed by atoms with Crippen LogP contribution in [0.25, 0.3) is 11.1 Å². The lowest BCUT2D eigenvalue weighted by molar-refractivity contribution is 0.0697. The van der Waals surface area contributed by atoms with Crippen molar-refractivity contribution in [2.24, 2.45) is 0 Å². The lowest BCUT2D eigenvalue weighted by atomic mass is 9.97. The lowest BCUT2D eigenvalue weighted by Gasteiger charge is -2.08. The zero-order valence-electron chi connectivity index (χ0n) is 9.33. The minimum atomic E-state index is -1.11. The quantitative estimate of drug-likeness (QED) is 0.801. The SMILES string of the molecule is Nc1cc(C(=O)O)c(-c2ccccc2C=O)cn1. The minimum Gasteiger partial charge on any atom is -0.478 e. The van der Waals surface area contributed by atoms with Gasteiger partial charge in [-0.25, -0.2) is 9.78 Å². The van der Waals surface area contributed by atoms with Crippen LogP contribution in [0.3, 0.4) is 0 Å². The maximum absolute atomic E-state index is 11.2. The topological polar surface area (TPSA) is 93.3 Å². The highest BCUT2D eigenvalue weighted by atomic mass is 16.4. The summed E-state index contributed by atoms with van der Waals surface area (Å²) in [6.45, 7) is 0. The van der Waals surface area contributed by atoms with Crippen molar-refractivity contribution in [3.8, 4) is 11.1 Å². The number of carboxylic acid groups (broad SMARTS) is 1. The fourth-order valence-corrected chi connectivity index (χ4v) is 1.71. The van der Waals surface area contributed by atoms with Gasteiger partial charge in [0.25, 0.3) is 0 Å². The van der Waals surface area contributed by atoms with Crippen molar-refractivity contribution < 1.29 is 14.7 Å². The monoisotopic (exact) mass is 242 g/mol. The number of hydrogen-bond donors (Lipinski definition) is 2. The molecule has 5 heteroatoms. The molecule has 0 atom stereocenters. The summed E-state index contributed by atoms with van der Waals surface area (Å²) in [6.07, 6.45) is 2.04. The zero-order valence-corrected chi connectivity index (χ0v) is 9.33. The predicted molar refractivity (Wildman–Crippen MR) is 66.4 cm³/mol. The highest BCUT2D eigenvalue weighted by Gasteiger charge is 2.15. The number of nitrogen functional groups attached to an aromatic ring is 1. The fraction of sp³-hybridized carbons (Fsp3) is 0. The molecule has 0 unspecified atom stereocenters. The molecule has 90 valence electrons. The molecule has 0 saturated heterocycles. The summed E-state index contributed by atoms with van der Waals surface area (Å²) in [7, 11) is 0. The van der Waals surface area contributed by atoms with Gasteiger partial charge in [0.15, 0.2) is 6.29 Å². The minimum absolute atomic E-state index is 0.0248. The summed E-state index contributed by atoms with van der Waals surface area (Å²) < 4.78 is 0. The molecular weight excluding hydrogens is 232 g/mol. The number of anilines is 1. The van der Waals surface area contributed by atoms with E-state index >= 15 is 0 Å². The van der Waals surface area contributed by atoms with Crippen LogP contribution in [0, 0.1) is 0 Å². The van der Waals surface area contributed by atoms with Crippen LogP contribution in [-0.4, -0.2) is 22.3 Å². The van der Waals surface area contributed by atoms with Crippen molar-refractivity contribution >= 4 is 18.1 Å². The average molecular weight is 242 g/mol. The van der Waals surface area contributed by atoms with Crippen molar-refractivity contribution in [1.82, 2.24) is 4.98 Å². The number of aromatic nitrogens is 1. The van der Waals surface area contributed by atoms with Gasteiger partial charge < -0.3 is 10.8 Å². The molecule has 0 saturated carbocycles. The Balaban J connectivity index is 2.71. The Kier molecular flexibility index (Phi) is 3.05. The van der Waals surface area contributed by atoms with Gasteiger partial charge in [-0.05, 0) is 11.6 Å². The first kappa shape index (κ1) is 11.8. The summed E-state index contributed by atoms with van der Waals surface area (Å²) in [5.74, 6) is -0.987. The summed E-state index contributed by atoms with van der Waals surface area (Å²) in [4.78, 5) is 26.0. The second-order valence-electron chi connectivity index (χ2n) is 3.67. The van der Waals surface area contributed by atoms with Crippen molar-refractivity contribution in [3.05, 3.63) is 47.7 Å². The van der Waals surface area contributed by atoms with E-state index in [1.165, 1.54) is 12.3 Å². The maximum Gasteiger partial charge on any atom is 0.336 e. The Morgan fingerprint density at radius 1 is 1.28 bits per heavy atom. The molecule has 5 nitrogen and oxygen atoms in total. The fourth-order valence-electron chi connectivity index (χ4n) is 1.71. The van der Waals surface area contributed by atoms with E-state index in [4.69, 9.17) is 10.8 Å². The molecule has 0 amide bonds. The van der Waals surface area contributed by atoms with E-state index in [1.807, 2.05) is 0 Å². The van der Waals surface area contributed by atoms with Gasteiger partial charge in [0.1, 0.15) is 5.82 Å². The van der Waals surface area contributed by atoms with Crippen LogP contribution in [0.1, 0.15) is 20.7 Å². The molecule has 2 aromatic rings. The van der Waals surface area contributed by atoms with E-state index in [0.29, 0.717) is 23.0 Å². The molecule has 1 aromatic heterocycles. The Bertz CT molecular complexity index is 623. The Morgan fingerprint density at radius 2 is 2.00 bits per heavy atom. The third-order valence-electron chi connectivity index (χ3n) is 2.53. The van der Waals surface area contributed by atoms with Crippen LogP contribution in [0.15, 0.2) is 36.5 Å². The van der Waals surface area contributed by atoms with E-state index < -0.39 is 5.97 Å². The standard InChI is InChI=1S/C13H10N2O3/c14-12-5-10(13(17)18)11(6-15-12)9-4-2-1-3-8(9)7-16/h1-7H,(H2,14,15)(H,17,18). The van der Waals surface area contributed by atoms with Gasteiger partial charge in [0.05, 0.1) is 5.56 Å². The number of hydrogen-bond acceptors (Lipinski definition) is 4. The van der Waals surface area contributed by atoms with Crippen LogP contribution in [0.2, 0.25) is 0 Å². The van der Waals surface area contributed by atoms with Gasteiger partial charge in [-0.15, -0.1) is 0 Å². The Morgan fingerprint density at radius 3 is 2.67 bits per heavy atom. The predicted octanol–water partition coefficient (Wildman–Crippen LogP) is 1.84. The summed E-state index contributed by atoms with van der Waals surface area (Å²) in [5.41, 5.74) is 6.80. The molecule has 0 fully saturated rings. The average Bonchev–Trinajstić information content (AvgIpc) is 2.38. The van der Waals surface area contributed by atoms with Gasteiger partial charge >= 0.3 is 5.97 Å². The number of pyridine rings is 1. The number of nitrogens with zero attached hydrogens (tertiary/aromatic N) is 1. The van der Waals surface area contributed by atoms with Crippen LogP contribution >= 0.6 is 0 Å². The largest absolute Gasteiger partial charge is 0.478 e. The second-order valence-corrected chi connectivity index (χ2v) is 3.67. The summed E-state index contributed by atoms with van der Waals surface area (Å²) >= 11 is 0. The lowest BCUT2D eigenvalue weighted by Crippen LogP contribution is -2.04. The van der Waals surface area contributed by atoms with Crippen LogP contribution in [-0.2, 0) is 0 Å². The van der Waals surface area contributed by atoms with E-state index in [-0.39, 0.29) is 11.4 Å². The molecule has 2 rings (SSSR count). The van der Waals surface area contributed by atoms with E-state index in [0.717, 1.165) is 0 Å². The summed E-state index contributed by atoms with van der Waals surface area (Å²) in [5, 5.41) is 9.14. The first-order valence-electron chi connectivity index (χ1n) is 5.17. The third kappa shape index (κ3) is 2.06. The van der Waals surface area contributed by atoms with Crippen molar-refractivity contribution in [2.75, 3.05) is 5.73 Å². The molecule has 0 aliphatic carbocycles. The zero-order chi connectivity index (χ0) is 13.1. The Hall–Kier alpha value is -2.69. The van der Waals surface area contributed by atoms with E-state index in [1.54, 1.807) is 24.3 Å². The smallest absolute Gasteiger partial charge is 0.336 e. The normalized spacial score (nSPS) is 10.0. The number of aromatic carboxylic acids is 1. The highest BCUT2D eigenvalue weighted by molar-refractivity contribution is 5.99. The highest BCUT2D eigenvalue weighted by Crippen LogP contribution is 2.26. The second kappa shape index (κ2) is 4.67. The summed E-state index contributed by atoms with van der Waals surface area (Å²) in [6, 6.07) is 8.00. The molecule has 0 bridgehead atoms. The van der Waals surface area contributed by atoms with Crippen molar-refractivity contribution in [3.63, 3.8) is 0 Å². The number of aldehydes is 1. The third-order valence-corrected chi connectivity index (χ3v) is 2.53. The van der Waals surface area contributed by atoms with E-state index in [2.05, 4.69) is 4.98 Å². The van der Waals surface area contributed by atoms with Gasteiger partial charge in [0.2, 0.25) is 0 Å². The number of carbonyl (C=O) groups excluding carboxylic acids is 1. The number of nitrogens with two attached hydrogens (primary N) is 1. The van der Waals surface area contributed by atoms with Gasteiger partial charge in [0, 0.05) is 17.3 Å². The first-order valence-corrected chi connectivity index (χ1v) is 5.17. The van der Waals surface area contributed by atoms with Crippen molar-refractivity contribution in [1.29, 1.82) is 0 Å².